The molecule has 8 rings (SSSR count). The molecule has 6 heteroatoms. The van der Waals surface area contributed by atoms with Gasteiger partial charge in [-0.15, -0.1) is 0 Å². The second-order valence-corrected chi connectivity index (χ2v) is 19.4. The van der Waals surface area contributed by atoms with Crippen LogP contribution in [-0.2, 0) is 10.8 Å². The molecule has 4 N–H and O–H groups in total. The number of anilines is 2. The molecule has 0 amide bonds. The Kier molecular flexibility index (Phi) is 12.6. The quantitative estimate of drug-likeness (QED) is 0.0734. The zero-order valence-electron chi connectivity index (χ0n) is 36.1. The molecule has 2 heterocycles. The van der Waals surface area contributed by atoms with Crippen LogP contribution in [0.5, 0.6) is 0 Å². The van der Waals surface area contributed by atoms with E-state index >= 15 is 0 Å². The third-order valence-electron chi connectivity index (χ3n) is 14.4. The van der Waals surface area contributed by atoms with Gasteiger partial charge in [-0.25, -0.2) is 0 Å². The molecule has 60 heavy (non-hydrogen) atoms. The van der Waals surface area contributed by atoms with E-state index < -0.39 is 16.6 Å². The van der Waals surface area contributed by atoms with Crippen molar-refractivity contribution in [2.75, 3.05) is 17.2 Å². The molecule has 0 radical (unpaired) electrons. The Hall–Kier alpha value is -4.78. The molecule has 4 atom stereocenters. The summed E-state index contributed by atoms with van der Waals surface area (Å²) in [6.07, 6.45) is 16.4. The van der Waals surface area contributed by atoms with Crippen molar-refractivity contribution in [2.24, 2.45) is 11.8 Å². The zero-order chi connectivity index (χ0) is 41.6. The second kappa shape index (κ2) is 18.1. The Morgan fingerprint density at radius 1 is 0.600 bits per heavy atom. The fraction of sp³-hybridized carbons (Fsp3) is 0.444. The minimum atomic E-state index is -1.08. The van der Waals surface area contributed by atoms with E-state index in [4.69, 9.17) is 4.98 Å². The standard InChI is InChI=1S/C54H66N4O2/c1-51(2,41-21-9-5-10-22-41)37-54(60,43-25-13-14-26-43)50(58-49-32-16-30-47-45(49)28-18-34-56-47)36-52(3,42-23-11-6-12-24-42)38-53(59,35-40-19-7-4-8-20-40)39-57-48-31-15-29-46-44(48)27-17-33-55-46/h5-6,9-12,15-18,21-24,27-34,40,43,50,57-60H,4,7-8,13-14,19-20,25-26,35-39H2,1-3H3. The molecule has 2 aromatic heterocycles. The van der Waals surface area contributed by atoms with Crippen LogP contribution in [0, 0.1) is 11.8 Å². The molecule has 2 aliphatic carbocycles. The lowest BCUT2D eigenvalue weighted by molar-refractivity contribution is -0.0661. The molecular weight excluding hydrogens is 737 g/mol. The number of aliphatic hydroxyl groups is 2. The van der Waals surface area contributed by atoms with E-state index in [0.29, 0.717) is 31.7 Å². The molecule has 2 aliphatic rings. The maximum Gasteiger partial charge on any atom is 0.0884 e. The number of nitrogens with zero attached hydrogens (tertiary/aromatic N) is 2. The van der Waals surface area contributed by atoms with Crippen molar-refractivity contribution in [3.63, 3.8) is 0 Å². The Morgan fingerprint density at radius 2 is 1.17 bits per heavy atom. The van der Waals surface area contributed by atoms with E-state index in [9.17, 15) is 10.2 Å². The van der Waals surface area contributed by atoms with E-state index in [2.05, 4.69) is 133 Å². The predicted molar refractivity (Wildman–Crippen MR) is 250 cm³/mol. The maximum atomic E-state index is 14.0. The Labute approximate surface area is 358 Å². The summed E-state index contributed by atoms with van der Waals surface area (Å²) in [5.74, 6) is 0.577. The molecule has 314 valence electrons. The highest BCUT2D eigenvalue weighted by Gasteiger charge is 2.51. The first-order valence-electron chi connectivity index (χ1n) is 22.8. The molecule has 6 aromatic rings. The number of rotatable bonds is 17. The zero-order valence-corrected chi connectivity index (χ0v) is 36.1. The summed E-state index contributed by atoms with van der Waals surface area (Å²) in [6, 6.07) is 42.0. The van der Waals surface area contributed by atoms with Gasteiger partial charge in [0.05, 0.1) is 28.3 Å². The fourth-order valence-electron chi connectivity index (χ4n) is 11.4. The van der Waals surface area contributed by atoms with Gasteiger partial charge >= 0.3 is 0 Å². The molecule has 4 aromatic carbocycles. The Balaban J connectivity index is 1.23. The van der Waals surface area contributed by atoms with Crippen LogP contribution >= 0.6 is 0 Å². The van der Waals surface area contributed by atoms with Gasteiger partial charge < -0.3 is 20.8 Å². The molecule has 6 nitrogen and oxygen atoms in total. The number of nitrogens with one attached hydrogen (secondary N) is 2. The van der Waals surface area contributed by atoms with Crippen molar-refractivity contribution < 1.29 is 10.2 Å². The first-order valence-corrected chi connectivity index (χ1v) is 22.8. The lowest BCUT2D eigenvalue weighted by atomic mass is 9.61. The van der Waals surface area contributed by atoms with Crippen LogP contribution < -0.4 is 10.6 Å². The third kappa shape index (κ3) is 9.41. The van der Waals surface area contributed by atoms with Crippen molar-refractivity contribution in [3.05, 3.63) is 145 Å². The first-order chi connectivity index (χ1) is 29.0. The summed E-state index contributed by atoms with van der Waals surface area (Å²) in [4.78, 5) is 9.36. The summed E-state index contributed by atoms with van der Waals surface area (Å²) in [6.45, 7) is 7.37. The van der Waals surface area contributed by atoms with Crippen molar-refractivity contribution in [1.29, 1.82) is 0 Å². The third-order valence-corrected chi connectivity index (χ3v) is 14.4. The van der Waals surface area contributed by atoms with Gasteiger partial charge in [0.15, 0.2) is 0 Å². The highest BCUT2D eigenvalue weighted by atomic mass is 16.3. The van der Waals surface area contributed by atoms with Crippen LogP contribution in [-0.4, -0.2) is 44.0 Å². The van der Waals surface area contributed by atoms with E-state index in [0.717, 1.165) is 78.1 Å². The Bertz CT molecular complexity index is 2290. The molecule has 0 saturated heterocycles. The number of aromatic nitrogens is 2. The van der Waals surface area contributed by atoms with Crippen molar-refractivity contribution in [2.45, 2.75) is 132 Å². The normalized spacial score (nSPS) is 19.0. The topological polar surface area (TPSA) is 90.3 Å². The Morgan fingerprint density at radius 3 is 1.80 bits per heavy atom. The highest BCUT2D eigenvalue weighted by molar-refractivity contribution is 5.92. The number of hydrogen-bond donors (Lipinski definition) is 4. The summed E-state index contributed by atoms with van der Waals surface area (Å²) in [5.41, 5.74) is 3.31. The molecule has 0 spiro atoms. The lowest BCUT2D eigenvalue weighted by Crippen LogP contribution is -2.57. The van der Waals surface area contributed by atoms with Gasteiger partial charge in [-0.2, -0.15) is 0 Å². The summed E-state index contributed by atoms with van der Waals surface area (Å²) in [7, 11) is 0. The minimum absolute atomic E-state index is 0.119. The van der Waals surface area contributed by atoms with Gasteiger partial charge in [0.25, 0.3) is 0 Å². The van der Waals surface area contributed by atoms with Crippen LogP contribution in [0.1, 0.15) is 115 Å². The smallest absolute Gasteiger partial charge is 0.0884 e. The van der Waals surface area contributed by atoms with Crippen molar-refractivity contribution in [1.82, 2.24) is 9.97 Å². The number of hydrogen-bond acceptors (Lipinski definition) is 6. The molecule has 2 fully saturated rings. The van der Waals surface area contributed by atoms with Gasteiger partial charge in [-0.05, 0) is 121 Å². The average Bonchev–Trinajstić information content (AvgIpc) is 3.83. The number of benzene rings is 4. The van der Waals surface area contributed by atoms with Crippen LogP contribution in [0.3, 0.4) is 0 Å². The van der Waals surface area contributed by atoms with Crippen LogP contribution in [0.15, 0.2) is 134 Å². The van der Waals surface area contributed by atoms with Crippen LogP contribution in [0.4, 0.5) is 11.4 Å². The predicted octanol–water partition coefficient (Wildman–Crippen LogP) is 12.4. The number of fused-ring (bicyclic) bond motifs is 2. The molecule has 0 aliphatic heterocycles. The van der Waals surface area contributed by atoms with E-state index in [1.807, 2.05) is 36.7 Å². The van der Waals surface area contributed by atoms with Gasteiger partial charge in [0.2, 0.25) is 0 Å². The van der Waals surface area contributed by atoms with E-state index in [1.54, 1.807) is 0 Å². The monoisotopic (exact) mass is 803 g/mol. The summed E-state index contributed by atoms with van der Waals surface area (Å²) in [5, 5.41) is 37.3. The van der Waals surface area contributed by atoms with Gasteiger partial charge in [-0.3, -0.25) is 9.97 Å². The SMILES string of the molecule is CC(C)(CC(O)(C1CCCC1)C(CC(C)(CC(O)(CNc1cccc2ncccc12)CC1CCCCC1)c1ccccc1)Nc1cccc2ncccc12)c1ccccc1. The first kappa shape index (κ1) is 41.9. The fourth-order valence-corrected chi connectivity index (χ4v) is 11.4. The summed E-state index contributed by atoms with van der Waals surface area (Å²) < 4.78 is 0. The van der Waals surface area contributed by atoms with Gasteiger partial charge in [0, 0.05) is 41.1 Å². The minimum Gasteiger partial charge on any atom is -0.388 e. The molecular formula is C54H66N4O2. The highest BCUT2D eigenvalue weighted by Crippen LogP contribution is 2.50. The average molecular weight is 803 g/mol. The van der Waals surface area contributed by atoms with Crippen molar-refractivity contribution in [3.8, 4) is 0 Å². The maximum absolute atomic E-state index is 14.0. The van der Waals surface area contributed by atoms with E-state index in [-0.39, 0.29) is 17.4 Å². The molecule has 2 saturated carbocycles. The van der Waals surface area contributed by atoms with Crippen LogP contribution in [0.2, 0.25) is 0 Å². The van der Waals surface area contributed by atoms with E-state index in [1.165, 1.54) is 30.4 Å². The molecule has 4 unspecified atom stereocenters. The van der Waals surface area contributed by atoms with Crippen molar-refractivity contribution >= 4 is 33.2 Å². The van der Waals surface area contributed by atoms with Gasteiger partial charge in [0.1, 0.15) is 0 Å². The second-order valence-electron chi connectivity index (χ2n) is 19.4. The lowest BCUT2D eigenvalue weighted by Gasteiger charge is -2.50. The molecule has 0 bridgehead atoms. The van der Waals surface area contributed by atoms with Gasteiger partial charge in [-0.1, -0.05) is 139 Å². The number of pyridine rings is 2. The largest absolute Gasteiger partial charge is 0.388 e. The summed E-state index contributed by atoms with van der Waals surface area (Å²) >= 11 is 0. The van der Waals surface area contributed by atoms with Crippen LogP contribution in [0.25, 0.3) is 21.8 Å².